The molecule has 0 bridgehead atoms. The molecule has 0 unspecified atom stereocenters. The Morgan fingerprint density at radius 3 is 2.46 bits per heavy atom. The van der Waals surface area contributed by atoms with Gasteiger partial charge >= 0.3 is 0 Å². The molecule has 0 spiro atoms. The van der Waals surface area contributed by atoms with Crippen LogP contribution in [0, 0.1) is 6.92 Å². The van der Waals surface area contributed by atoms with Crippen molar-refractivity contribution in [2.24, 2.45) is 0 Å². The van der Waals surface area contributed by atoms with Gasteiger partial charge in [-0.3, -0.25) is 9.48 Å². The first-order valence-corrected chi connectivity index (χ1v) is 8.33. The lowest BCUT2D eigenvalue weighted by atomic mass is 10.2. The Morgan fingerprint density at radius 2 is 1.88 bits per heavy atom. The van der Waals surface area contributed by atoms with Crippen LogP contribution in [0.4, 0.5) is 10.1 Å². The molecule has 128 valence electrons. The van der Waals surface area contributed by atoms with Crippen LogP contribution in [0.1, 0.15) is 11.4 Å². The number of carbonyl (C=O) groups is 1. The predicted molar refractivity (Wildman–Crippen MR) is 92.0 cm³/mol. The third-order valence-electron chi connectivity index (χ3n) is 4.36. The molecule has 2 heterocycles. The molecule has 24 heavy (non-hydrogen) atoms. The fraction of sp³-hybridized carbons (Fsp3) is 0.412. The van der Waals surface area contributed by atoms with Crippen LogP contribution < -0.4 is 4.90 Å². The Bertz CT molecular complexity index is 711. The van der Waals surface area contributed by atoms with Crippen molar-refractivity contribution in [2.45, 2.75) is 20.1 Å². The molecule has 1 aliphatic heterocycles. The lowest BCUT2D eigenvalue weighted by Gasteiger charge is -2.36. The summed E-state index contributed by atoms with van der Waals surface area (Å²) in [5.41, 5.74) is 1.99. The monoisotopic (exact) mass is 350 g/mol. The van der Waals surface area contributed by atoms with E-state index >= 15 is 0 Å². The zero-order valence-corrected chi connectivity index (χ0v) is 14.3. The van der Waals surface area contributed by atoms with Crippen molar-refractivity contribution in [1.29, 1.82) is 0 Å². The number of nitrogens with zero attached hydrogens (tertiary/aromatic N) is 4. The standard InChI is InChI=1S/C17H20ClFN4O/c1-13-17(18)15(11-19)20-23(13)12-16(24)22-9-7-21(8-10-22)14-5-3-2-4-6-14/h2-6H,7-12H2,1H3. The quantitative estimate of drug-likeness (QED) is 0.851. The molecule has 0 radical (unpaired) electrons. The molecular formula is C17H20ClFN4O. The van der Waals surface area contributed by atoms with Gasteiger partial charge in [-0.1, -0.05) is 29.8 Å². The predicted octanol–water partition coefficient (Wildman–Crippen LogP) is 2.66. The molecule has 1 aromatic heterocycles. The number of halogens is 2. The molecule has 2 aromatic rings. The summed E-state index contributed by atoms with van der Waals surface area (Å²) in [6, 6.07) is 10.2. The molecule has 1 aliphatic rings. The van der Waals surface area contributed by atoms with E-state index in [0.29, 0.717) is 23.8 Å². The van der Waals surface area contributed by atoms with Gasteiger partial charge in [0.1, 0.15) is 18.9 Å². The molecule has 0 N–H and O–H groups in total. The van der Waals surface area contributed by atoms with E-state index in [2.05, 4.69) is 22.1 Å². The van der Waals surface area contributed by atoms with Crippen LogP contribution in [0.25, 0.3) is 0 Å². The maximum atomic E-state index is 12.8. The van der Waals surface area contributed by atoms with Crippen molar-refractivity contribution < 1.29 is 9.18 Å². The van der Waals surface area contributed by atoms with Crippen LogP contribution in [-0.4, -0.2) is 46.8 Å². The van der Waals surface area contributed by atoms with Crippen molar-refractivity contribution >= 4 is 23.2 Å². The largest absolute Gasteiger partial charge is 0.368 e. The number of alkyl halides is 1. The van der Waals surface area contributed by atoms with Crippen LogP contribution in [-0.2, 0) is 18.0 Å². The molecule has 0 atom stereocenters. The fourth-order valence-electron chi connectivity index (χ4n) is 2.91. The first-order valence-electron chi connectivity index (χ1n) is 7.95. The van der Waals surface area contributed by atoms with Gasteiger partial charge in [0.05, 0.1) is 10.7 Å². The molecule has 1 aromatic carbocycles. The summed E-state index contributed by atoms with van der Waals surface area (Å²) in [6.07, 6.45) is 0. The summed E-state index contributed by atoms with van der Waals surface area (Å²) >= 11 is 6.02. The minimum absolute atomic E-state index is 0.0182. The first kappa shape index (κ1) is 16.8. The van der Waals surface area contributed by atoms with E-state index < -0.39 is 6.67 Å². The van der Waals surface area contributed by atoms with E-state index in [0.717, 1.165) is 13.1 Å². The van der Waals surface area contributed by atoms with E-state index in [9.17, 15) is 9.18 Å². The van der Waals surface area contributed by atoms with E-state index in [4.69, 9.17) is 11.6 Å². The van der Waals surface area contributed by atoms with Gasteiger partial charge in [0.15, 0.2) is 0 Å². The van der Waals surface area contributed by atoms with Crippen LogP contribution >= 0.6 is 11.6 Å². The SMILES string of the molecule is Cc1c(Cl)c(CF)nn1CC(=O)N1CCN(c2ccccc2)CC1. The summed E-state index contributed by atoms with van der Waals surface area (Å²) in [5, 5.41) is 4.38. The number of piperazine rings is 1. The molecule has 3 rings (SSSR count). The Kier molecular flexibility index (Phi) is 5.04. The smallest absolute Gasteiger partial charge is 0.244 e. The van der Waals surface area contributed by atoms with Crippen molar-refractivity contribution in [3.05, 3.63) is 46.7 Å². The summed E-state index contributed by atoms with van der Waals surface area (Å²) in [5.74, 6) is -0.0182. The summed E-state index contributed by atoms with van der Waals surface area (Å²) in [7, 11) is 0. The van der Waals surface area contributed by atoms with E-state index in [1.165, 1.54) is 10.4 Å². The van der Waals surface area contributed by atoms with Crippen molar-refractivity contribution in [1.82, 2.24) is 14.7 Å². The normalized spacial score (nSPS) is 15.0. The minimum atomic E-state index is -0.726. The van der Waals surface area contributed by atoms with E-state index in [1.54, 1.807) is 6.92 Å². The lowest BCUT2D eigenvalue weighted by molar-refractivity contribution is -0.132. The lowest BCUT2D eigenvalue weighted by Crippen LogP contribution is -2.49. The molecule has 1 saturated heterocycles. The average Bonchev–Trinajstić information content (AvgIpc) is 2.90. The fourth-order valence-corrected chi connectivity index (χ4v) is 3.09. The van der Waals surface area contributed by atoms with Gasteiger partial charge in [-0.05, 0) is 19.1 Å². The van der Waals surface area contributed by atoms with Gasteiger partial charge in [-0.2, -0.15) is 5.10 Å². The van der Waals surface area contributed by atoms with Crippen molar-refractivity contribution in [3.63, 3.8) is 0 Å². The number of aromatic nitrogens is 2. The first-order chi connectivity index (χ1) is 11.6. The van der Waals surface area contributed by atoms with Crippen LogP contribution in [0.2, 0.25) is 5.02 Å². The zero-order chi connectivity index (χ0) is 17.1. The highest BCUT2D eigenvalue weighted by Crippen LogP contribution is 2.21. The summed E-state index contributed by atoms with van der Waals surface area (Å²) < 4.78 is 14.3. The number of hydrogen-bond acceptors (Lipinski definition) is 3. The van der Waals surface area contributed by atoms with Gasteiger partial charge in [0.2, 0.25) is 5.91 Å². The summed E-state index contributed by atoms with van der Waals surface area (Å²) in [4.78, 5) is 16.6. The van der Waals surface area contributed by atoms with Crippen LogP contribution in [0.3, 0.4) is 0 Å². The Labute approximate surface area is 145 Å². The number of para-hydroxylation sites is 1. The molecule has 1 amide bonds. The van der Waals surface area contributed by atoms with Gasteiger partial charge in [0, 0.05) is 31.9 Å². The van der Waals surface area contributed by atoms with E-state index in [-0.39, 0.29) is 18.1 Å². The van der Waals surface area contributed by atoms with Crippen LogP contribution in [0.5, 0.6) is 0 Å². The highest BCUT2D eigenvalue weighted by Gasteiger charge is 2.23. The highest BCUT2D eigenvalue weighted by atomic mass is 35.5. The maximum Gasteiger partial charge on any atom is 0.244 e. The average molecular weight is 351 g/mol. The van der Waals surface area contributed by atoms with Gasteiger partial charge < -0.3 is 9.80 Å². The third kappa shape index (κ3) is 3.38. The second-order valence-electron chi connectivity index (χ2n) is 5.84. The van der Waals surface area contributed by atoms with Gasteiger partial charge in [-0.15, -0.1) is 0 Å². The third-order valence-corrected chi connectivity index (χ3v) is 4.86. The number of anilines is 1. The number of rotatable bonds is 4. The zero-order valence-electron chi connectivity index (χ0n) is 13.6. The Morgan fingerprint density at radius 1 is 1.21 bits per heavy atom. The molecular weight excluding hydrogens is 331 g/mol. The summed E-state index contributed by atoms with van der Waals surface area (Å²) in [6.45, 7) is 4.03. The number of hydrogen-bond donors (Lipinski definition) is 0. The highest BCUT2D eigenvalue weighted by molar-refractivity contribution is 6.31. The second kappa shape index (κ2) is 7.21. The number of carbonyl (C=O) groups excluding carboxylic acids is 1. The Hall–Kier alpha value is -2.08. The van der Waals surface area contributed by atoms with E-state index in [1.807, 2.05) is 23.1 Å². The van der Waals surface area contributed by atoms with Gasteiger partial charge in [-0.25, -0.2) is 4.39 Å². The number of amides is 1. The maximum absolute atomic E-state index is 12.8. The van der Waals surface area contributed by atoms with Gasteiger partial charge in [0.25, 0.3) is 0 Å². The molecule has 5 nitrogen and oxygen atoms in total. The molecule has 1 fully saturated rings. The Balaban J connectivity index is 1.60. The molecule has 0 aliphatic carbocycles. The molecule has 7 heteroatoms. The van der Waals surface area contributed by atoms with Crippen molar-refractivity contribution in [2.75, 3.05) is 31.1 Å². The number of benzene rings is 1. The van der Waals surface area contributed by atoms with Crippen LogP contribution in [0.15, 0.2) is 30.3 Å². The van der Waals surface area contributed by atoms with Crippen molar-refractivity contribution in [3.8, 4) is 0 Å². The molecule has 0 saturated carbocycles. The second-order valence-corrected chi connectivity index (χ2v) is 6.22. The topological polar surface area (TPSA) is 41.4 Å². The minimum Gasteiger partial charge on any atom is -0.368 e.